The fraction of sp³-hybridized carbons (Fsp3) is 0.250. The van der Waals surface area contributed by atoms with Gasteiger partial charge < -0.3 is 10.2 Å². The van der Waals surface area contributed by atoms with Crippen LogP contribution in [-0.2, 0) is 6.54 Å². The summed E-state index contributed by atoms with van der Waals surface area (Å²) in [5, 5.41) is 3.43. The zero-order valence-electron chi connectivity index (χ0n) is 11.6. The maximum atomic E-state index is 3.56. The molecule has 0 aliphatic carbocycles. The van der Waals surface area contributed by atoms with Crippen molar-refractivity contribution in [2.75, 3.05) is 24.3 Å². The third kappa shape index (κ3) is 3.74. The summed E-state index contributed by atoms with van der Waals surface area (Å²) in [5.74, 6) is 0. The Morgan fingerprint density at radius 2 is 1.74 bits per heavy atom. The molecule has 0 spiro atoms. The van der Waals surface area contributed by atoms with Crippen molar-refractivity contribution < 1.29 is 0 Å². The van der Waals surface area contributed by atoms with Gasteiger partial charge in [-0.2, -0.15) is 0 Å². The standard InChI is InChI=1S/C16H19BrN2/c1-12-4-5-13(10-16(12)17)11-18-14-6-8-15(9-7-14)19(2)3/h4-10,18H,11H2,1-3H3. The zero-order valence-corrected chi connectivity index (χ0v) is 13.2. The fourth-order valence-electron chi connectivity index (χ4n) is 1.83. The molecule has 0 fully saturated rings. The molecule has 0 saturated carbocycles. The molecule has 0 bridgehead atoms. The molecule has 0 unspecified atom stereocenters. The number of halogens is 1. The topological polar surface area (TPSA) is 15.3 Å². The smallest absolute Gasteiger partial charge is 0.0401 e. The number of hydrogen-bond acceptors (Lipinski definition) is 2. The Bertz CT molecular complexity index is 547. The van der Waals surface area contributed by atoms with Crippen LogP contribution in [0.2, 0.25) is 0 Å². The van der Waals surface area contributed by atoms with Crippen molar-refractivity contribution in [2.45, 2.75) is 13.5 Å². The van der Waals surface area contributed by atoms with Crippen molar-refractivity contribution >= 4 is 27.3 Å². The first-order valence-electron chi connectivity index (χ1n) is 6.32. The molecule has 0 aliphatic rings. The van der Waals surface area contributed by atoms with Crippen LogP contribution in [0.3, 0.4) is 0 Å². The average molecular weight is 319 g/mol. The predicted octanol–water partition coefficient (Wildman–Crippen LogP) is 4.44. The largest absolute Gasteiger partial charge is 0.381 e. The van der Waals surface area contributed by atoms with E-state index in [0.29, 0.717) is 0 Å². The molecule has 2 aromatic carbocycles. The lowest BCUT2D eigenvalue weighted by molar-refractivity contribution is 1.12. The molecule has 19 heavy (non-hydrogen) atoms. The summed E-state index contributed by atoms with van der Waals surface area (Å²) in [6.07, 6.45) is 0. The number of hydrogen-bond donors (Lipinski definition) is 1. The van der Waals surface area contributed by atoms with Gasteiger partial charge in [-0.3, -0.25) is 0 Å². The van der Waals surface area contributed by atoms with Crippen molar-refractivity contribution in [3.63, 3.8) is 0 Å². The molecule has 2 aromatic rings. The Labute approximate surface area is 123 Å². The number of aryl methyl sites for hydroxylation is 1. The number of nitrogens with one attached hydrogen (secondary N) is 1. The molecule has 2 nitrogen and oxygen atoms in total. The molecule has 0 amide bonds. The first kappa shape index (κ1) is 13.9. The second-order valence-electron chi connectivity index (χ2n) is 4.88. The van der Waals surface area contributed by atoms with E-state index < -0.39 is 0 Å². The third-order valence-corrected chi connectivity index (χ3v) is 3.97. The van der Waals surface area contributed by atoms with Crippen LogP contribution in [0.15, 0.2) is 46.9 Å². The summed E-state index contributed by atoms with van der Waals surface area (Å²) < 4.78 is 1.16. The van der Waals surface area contributed by atoms with E-state index in [9.17, 15) is 0 Å². The predicted molar refractivity (Wildman–Crippen MR) is 87.0 cm³/mol. The van der Waals surface area contributed by atoms with Gasteiger partial charge in [0, 0.05) is 36.5 Å². The average Bonchev–Trinajstić information content (AvgIpc) is 2.40. The van der Waals surface area contributed by atoms with E-state index in [0.717, 1.165) is 16.7 Å². The Morgan fingerprint density at radius 3 is 2.32 bits per heavy atom. The summed E-state index contributed by atoms with van der Waals surface area (Å²) in [4.78, 5) is 2.10. The Hall–Kier alpha value is -1.48. The molecule has 0 radical (unpaired) electrons. The lowest BCUT2D eigenvalue weighted by Gasteiger charge is -2.13. The maximum Gasteiger partial charge on any atom is 0.0401 e. The molecule has 0 heterocycles. The van der Waals surface area contributed by atoms with Gasteiger partial charge in [0.15, 0.2) is 0 Å². The van der Waals surface area contributed by atoms with E-state index >= 15 is 0 Å². The highest BCUT2D eigenvalue weighted by Crippen LogP contribution is 2.19. The van der Waals surface area contributed by atoms with Gasteiger partial charge in [0.1, 0.15) is 0 Å². The highest BCUT2D eigenvalue weighted by atomic mass is 79.9. The van der Waals surface area contributed by atoms with Gasteiger partial charge in [-0.1, -0.05) is 28.1 Å². The van der Waals surface area contributed by atoms with Crippen LogP contribution in [-0.4, -0.2) is 14.1 Å². The second kappa shape index (κ2) is 6.11. The minimum absolute atomic E-state index is 0.834. The monoisotopic (exact) mass is 318 g/mol. The van der Waals surface area contributed by atoms with Crippen molar-refractivity contribution in [3.8, 4) is 0 Å². The van der Waals surface area contributed by atoms with Gasteiger partial charge in [-0.05, 0) is 48.4 Å². The number of nitrogens with zero attached hydrogens (tertiary/aromatic N) is 1. The number of rotatable bonds is 4. The van der Waals surface area contributed by atoms with Crippen LogP contribution >= 0.6 is 15.9 Å². The molecule has 100 valence electrons. The molecule has 1 N–H and O–H groups in total. The fourth-order valence-corrected chi connectivity index (χ4v) is 2.25. The Morgan fingerprint density at radius 1 is 1.05 bits per heavy atom. The van der Waals surface area contributed by atoms with Crippen LogP contribution in [0.4, 0.5) is 11.4 Å². The first-order valence-corrected chi connectivity index (χ1v) is 7.12. The minimum atomic E-state index is 0.834. The molecular formula is C16H19BrN2. The van der Waals surface area contributed by atoms with Crippen molar-refractivity contribution in [1.29, 1.82) is 0 Å². The van der Waals surface area contributed by atoms with E-state index in [4.69, 9.17) is 0 Å². The third-order valence-electron chi connectivity index (χ3n) is 3.12. The van der Waals surface area contributed by atoms with Gasteiger partial charge in [0.25, 0.3) is 0 Å². The summed E-state index contributed by atoms with van der Waals surface area (Å²) in [6.45, 7) is 2.93. The normalized spacial score (nSPS) is 10.3. The Balaban J connectivity index is 2.00. The second-order valence-corrected chi connectivity index (χ2v) is 5.73. The molecular weight excluding hydrogens is 300 g/mol. The van der Waals surface area contributed by atoms with Crippen molar-refractivity contribution in [1.82, 2.24) is 0 Å². The summed E-state index contributed by atoms with van der Waals surface area (Å²) in [5.41, 5.74) is 4.89. The van der Waals surface area contributed by atoms with Gasteiger partial charge in [-0.15, -0.1) is 0 Å². The van der Waals surface area contributed by atoms with Gasteiger partial charge in [0.05, 0.1) is 0 Å². The molecule has 0 aromatic heterocycles. The highest BCUT2D eigenvalue weighted by Gasteiger charge is 1.99. The van der Waals surface area contributed by atoms with E-state index in [1.54, 1.807) is 0 Å². The van der Waals surface area contributed by atoms with Gasteiger partial charge >= 0.3 is 0 Å². The molecule has 3 heteroatoms. The van der Waals surface area contributed by atoms with Crippen LogP contribution < -0.4 is 10.2 Å². The summed E-state index contributed by atoms with van der Waals surface area (Å²) in [7, 11) is 4.10. The van der Waals surface area contributed by atoms with Crippen LogP contribution in [0, 0.1) is 6.92 Å². The zero-order chi connectivity index (χ0) is 13.8. The number of benzene rings is 2. The van der Waals surface area contributed by atoms with Gasteiger partial charge in [-0.25, -0.2) is 0 Å². The highest BCUT2D eigenvalue weighted by molar-refractivity contribution is 9.10. The lowest BCUT2D eigenvalue weighted by Crippen LogP contribution is -2.08. The van der Waals surface area contributed by atoms with Gasteiger partial charge in [0.2, 0.25) is 0 Å². The van der Waals surface area contributed by atoms with E-state index in [2.05, 4.69) is 75.5 Å². The quantitative estimate of drug-likeness (QED) is 0.896. The van der Waals surface area contributed by atoms with Crippen LogP contribution in [0.1, 0.15) is 11.1 Å². The molecule has 0 saturated heterocycles. The first-order chi connectivity index (χ1) is 9.06. The minimum Gasteiger partial charge on any atom is -0.381 e. The van der Waals surface area contributed by atoms with E-state index in [1.807, 2.05) is 14.1 Å². The van der Waals surface area contributed by atoms with Crippen LogP contribution in [0.25, 0.3) is 0 Å². The van der Waals surface area contributed by atoms with Crippen molar-refractivity contribution in [3.05, 3.63) is 58.1 Å². The summed E-state index contributed by atoms with van der Waals surface area (Å²) >= 11 is 3.56. The Kier molecular flexibility index (Phi) is 4.48. The summed E-state index contributed by atoms with van der Waals surface area (Å²) in [6, 6.07) is 14.9. The molecule has 2 rings (SSSR count). The lowest BCUT2D eigenvalue weighted by atomic mass is 10.1. The molecule has 0 aliphatic heterocycles. The SMILES string of the molecule is Cc1ccc(CNc2ccc(N(C)C)cc2)cc1Br. The van der Waals surface area contributed by atoms with Crippen molar-refractivity contribution in [2.24, 2.45) is 0 Å². The van der Waals surface area contributed by atoms with Crippen LogP contribution in [0.5, 0.6) is 0 Å². The number of anilines is 2. The molecule has 0 atom stereocenters. The van der Waals surface area contributed by atoms with E-state index in [-0.39, 0.29) is 0 Å². The maximum absolute atomic E-state index is 3.56. The van der Waals surface area contributed by atoms with E-state index in [1.165, 1.54) is 16.8 Å².